The van der Waals surface area contributed by atoms with Crippen LogP contribution in [0.15, 0.2) is 69.9 Å². The van der Waals surface area contributed by atoms with E-state index >= 15 is 0 Å². The third-order valence-corrected chi connectivity index (χ3v) is 5.80. The van der Waals surface area contributed by atoms with E-state index in [1.807, 2.05) is 13.0 Å². The van der Waals surface area contributed by atoms with Gasteiger partial charge in [-0.2, -0.15) is 26.3 Å². The molecule has 6 heteroatoms. The summed E-state index contributed by atoms with van der Waals surface area (Å²) in [6.07, 6.45) is 8.16. The summed E-state index contributed by atoms with van der Waals surface area (Å²) in [7, 11) is 0. The van der Waals surface area contributed by atoms with Crippen molar-refractivity contribution in [3.05, 3.63) is 69.9 Å². The number of allylic oxidation sites excluding steroid dienone is 12. The average Bonchev–Trinajstić information content (AvgIpc) is 2.72. The minimum absolute atomic E-state index is 0.173. The van der Waals surface area contributed by atoms with Crippen LogP contribution in [0.1, 0.15) is 106 Å². The van der Waals surface area contributed by atoms with Crippen LogP contribution in [0.2, 0.25) is 0 Å². The van der Waals surface area contributed by atoms with E-state index in [1.54, 1.807) is 6.92 Å². The van der Waals surface area contributed by atoms with Gasteiger partial charge in [-0.05, 0) is 106 Å². The molecule has 0 atom stereocenters. The molecule has 0 aromatic rings. The maximum atomic E-state index is 12.5. The lowest BCUT2D eigenvalue weighted by atomic mass is 10.0. The molecule has 0 heterocycles. The van der Waals surface area contributed by atoms with Crippen LogP contribution < -0.4 is 0 Å². The molecule has 0 aromatic carbocycles. The first-order valence-corrected chi connectivity index (χ1v) is 12.7. The van der Waals surface area contributed by atoms with Gasteiger partial charge in [-0.25, -0.2) is 0 Å². The van der Waals surface area contributed by atoms with Gasteiger partial charge in [0.2, 0.25) is 0 Å². The first-order valence-electron chi connectivity index (χ1n) is 12.7. The highest BCUT2D eigenvalue weighted by Crippen LogP contribution is 2.39. The molecule has 0 N–H and O–H groups in total. The van der Waals surface area contributed by atoms with Crippen LogP contribution in [-0.4, -0.2) is 12.4 Å². The maximum absolute atomic E-state index is 12.5. The fourth-order valence-corrected chi connectivity index (χ4v) is 3.59. The predicted octanol–water partition coefficient (Wildman–Crippen LogP) is 11.7. The van der Waals surface area contributed by atoms with Crippen LogP contribution in [0.25, 0.3) is 0 Å². The fraction of sp³-hybridized carbons (Fsp3) is 0.600. The molecule has 0 saturated heterocycles. The standard InChI is InChI=1S/C30H44F6/c1-23(2)13-9-16-26(5)19-10-17-24(3)14-7-8-15-25(4)18-11-20-27(6)21-12-22-28(29(31,32)33)30(34,35)36/h13-15,19-20,22H,7-12,16-18,21H2,1-6H3/b24-14+,25-15+,26-19+,27-20+. The predicted molar refractivity (Wildman–Crippen MR) is 141 cm³/mol. The van der Waals surface area contributed by atoms with E-state index in [1.165, 1.54) is 22.3 Å². The average molecular weight is 519 g/mol. The van der Waals surface area contributed by atoms with E-state index in [0.717, 1.165) is 56.9 Å². The molecular weight excluding hydrogens is 474 g/mol. The van der Waals surface area contributed by atoms with Gasteiger partial charge in [0.25, 0.3) is 0 Å². The molecule has 0 saturated carbocycles. The zero-order valence-electron chi connectivity index (χ0n) is 22.8. The summed E-state index contributed by atoms with van der Waals surface area (Å²) in [6, 6.07) is 0. The first-order chi connectivity index (χ1) is 16.6. The fourth-order valence-electron chi connectivity index (χ4n) is 3.59. The van der Waals surface area contributed by atoms with Gasteiger partial charge >= 0.3 is 12.4 Å². The lowest BCUT2D eigenvalue weighted by Crippen LogP contribution is -2.26. The third kappa shape index (κ3) is 18.3. The lowest BCUT2D eigenvalue weighted by Gasteiger charge is -2.14. The smallest absolute Gasteiger partial charge is 0.166 e. The second-order valence-corrected chi connectivity index (χ2v) is 9.83. The van der Waals surface area contributed by atoms with Gasteiger partial charge in [-0.15, -0.1) is 0 Å². The van der Waals surface area contributed by atoms with Gasteiger partial charge < -0.3 is 0 Å². The molecule has 0 unspecified atom stereocenters. The second kappa shape index (κ2) is 17.5. The van der Waals surface area contributed by atoms with Crippen molar-refractivity contribution >= 4 is 0 Å². The van der Waals surface area contributed by atoms with E-state index in [-0.39, 0.29) is 18.9 Å². The number of hydrogen-bond donors (Lipinski definition) is 0. The van der Waals surface area contributed by atoms with Crippen LogP contribution >= 0.6 is 0 Å². The monoisotopic (exact) mass is 518 g/mol. The van der Waals surface area contributed by atoms with Crippen molar-refractivity contribution in [2.24, 2.45) is 0 Å². The Balaban J connectivity index is 4.35. The highest BCUT2D eigenvalue weighted by atomic mass is 19.4. The molecule has 206 valence electrons. The highest BCUT2D eigenvalue weighted by molar-refractivity contribution is 5.16. The van der Waals surface area contributed by atoms with E-state index in [9.17, 15) is 26.3 Å². The van der Waals surface area contributed by atoms with Crippen molar-refractivity contribution < 1.29 is 26.3 Å². The minimum Gasteiger partial charge on any atom is -0.166 e. The summed E-state index contributed by atoms with van der Waals surface area (Å²) in [6.45, 7) is 12.4. The van der Waals surface area contributed by atoms with E-state index in [0.29, 0.717) is 0 Å². The van der Waals surface area contributed by atoms with Crippen molar-refractivity contribution in [2.45, 2.75) is 118 Å². The molecule has 0 rings (SSSR count). The van der Waals surface area contributed by atoms with Crippen LogP contribution in [0.4, 0.5) is 26.3 Å². The van der Waals surface area contributed by atoms with E-state index in [2.05, 4.69) is 52.0 Å². The van der Waals surface area contributed by atoms with Crippen molar-refractivity contribution in [2.75, 3.05) is 0 Å². The summed E-state index contributed by atoms with van der Waals surface area (Å²) in [5.41, 5.74) is 3.79. The van der Waals surface area contributed by atoms with Crippen molar-refractivity contribution in [3.63, 3.8) is 0 Å². The Morgan fingerprint density at radius 3 is 1.00 bits per heavy atom. The molecule has 0 radical (unpaired) electrons. The largest absolute Gasteiger partial charge is 0.420 e. The maximum Gasteiger partial charge on any atom is 0.420 e. The Morgan fingerprint density at radius 2 is 0.694 bits per heavy atom. The van der Waals surface area contributed by atoms with E-state index in [4.69, 9.17) is 0 Å². The molecular formula is C30H44F6. The molecule has 0 spiro atoms. The van der Waals surface area contributed by atoms with Crippen molar-refractivity contribution in [3.8, 4) is 0 Å². The summed E-state index contributed by atoms with van der Waals surface area (Å²) < 4.78 is 75.2. The van der Waals surface area contributed by atoms with Gasteiger partial charge in [-0.1, -0.05) is 64.3 Å². The number of alkyl halides is 6. The Hall–Kier alpha value is -1.98. The van der Waals surface area contributed by atoms with Gasteiger partial charge in [0, 0.05) is 0 Å². The Morgan fingerprint density at radius 1 is 0.417 bits per heavy atom. The molecule has 0 aliphatic carbocycles. The van der Waals surface area contributed by atoms with Crippen molar-refractivity contribution in [1.82, 2.24) is 0 Å². The minimum atomic E-state index is -5.38. The first kappa shape index (κ1) is 34.0. The van der Waals surface area contributed by atoms with Crippen molar-refractivity contribution in [1.29, 1.82) is 0 Å². The Bertz CT molecular complexity index is 806. The molecule has 0 aliphatic heterocycles. The third-order valence-electron chi connectivity index (χ3n) is 5.80. The molecule has 0 nitrogen and oxygen atoms in total. The number of rotatable bonds is 15. The topological polar surface area (TPSA) is 0 Å². The zero-order chi connectivity index (χ0) is 27.8. The SMILES string of the molecule is CC(C)=CCC/C(C)=C/CC/C(C)=C/CC/C=C(\C)CC/C=C(\C)CCC=C(C(F)(F)F)C(F)(F)F. The van der Waals surface area contributed by atoms with Crippen LogP contribution in [0.3, 0.4) is 0 Å². The second-order valence-electron chi connectivity index (χ2n) is 9.83. The molecule has 0 amide bonds. The van der Waals surface area contributed by atoms with Gasteiger partial charge in [0.1, 0.15) is 5.57 Å². The quantitative estimate of drug-likeness (QED) is 0.115. The summed E-state index contributed by atoms with van der Waals surface area (Å²) >= 11 is 0. The van der Waals surface area contributed by atoms with Gasteiger partial charge in [0.15, 0.2) is 0 Å². The summed E-state index contributed by atoms with van der Waals surface area (Å²) in [5, 5.41) is 0. The molecule has 0 aliphatic rings. The number of halogens is 6. The Kier molecular flexibility index (Phi) is 16.5. The van der Waals surface area contributed by atoms with E-state index < -0.39 is 17.9 Å². The van der Waals surface area contributed by atoms with Gasteiger partial charge in [0.05, 0.1) is 0 Å². The Labute approximate surface area is 214 Å². The lowest BCUT2D eigenvalue weighted by molar-refractivity contribution is -0.172. The summed E-state index contributed by atoms with van der Waals surface area (Å²) in [4.78, 5) is 0. The van der Waals surface area contributed by atoms with Crippen LogP contribution in [-0.2, 0) is 0 Å². The molecule has 0 bridgehead atoms. The number of hydrogen-bond acceptors (Lipinski definition) is 0. The molecule has 36 heavy (non-hydrogen) atoms. The number of unbranched alkanes of at least 4 members (excludes halogenated alkanes) is 1. The van der Waals surface area contributed by atoms with Crippen LogP contribution in [0, 0.1) is 0 Å². The zero-order valence-corrected chi connectivity index (χ0v) is 22.8. The normalized spacial score (nSPS) is 14.2. The van der Waals surface area contributed by atoms with Gasteiger partial charge in [-0.3, -0.25) is 0 Å². The highest BCUT2D eigenvalue weighted by Gasteiger charge is 2.50. The van der Waals surface area contributed by atoms with Crippen LogP contribution in [0.5, 0.6) is 0 Å². The molecule has 0 aromatic heterocycles. The summed E-state index contributed by atoms with van der Waals surface area (Å²) in [5.74, 6) is 0. The molecule has 0 fully saturated rings.